The van der Waals surface area contributed by atoms with E-state index in [2.05, 4.69) is 15.7 Å². The van der Waals surface area contributed by atoms with Gasteiger partial charge in [0.15, 0.2) is 0 Å². The molecule has 3 fully saturated rings. The van der Waals surface area contributed by atoms with Crippen molar-refractivity contribution in [3.63, 3.8) is 0 Å². The number of carbonyl (C=O) groups excluding carboxylic acids is 2. The van der Waals surface area contributed by atoms with Gasteiger partial charge >= 0.3 is 0 Å². The number of carbonyl (C=O) groups is 2. The first-order valence-corrected chi connectivity index (χ1v) is 10.4. The molecule has 0 saturated carbocycles. The molecule has 3 heterocycles. The Bertz CT molecular complexity index is 522. The highest BCUT2D eigenvalue weighted by Crippen LogP contribution is 2.21. The summed E-state index contributed by atoms with van der Waals surface area (Å²) in [4.78, 5) is 33.7. The summed E-state index contributed by atoms with van der Waals surface area (Å²) in [5.74, 6) is 5.09. The maximum Gasteiger partial charge on any atom is 0.239 e. The average molecular weight is 365 g/mol. The van der Waals surface area contributed by atoms with Gasteiger partial charge in [-0.05, 0) is 19.4 Å². The van der Waals surface area contributed by atoms with Crippen LogP contribution in [-0.4, -0.2) is 108 Å². The van der Waals surface area contributed by atoms with Crippen LogP contribution in [0.2, 0.25) is 0 Å². The molecule has 0 aromatic carbocycles. The predicted molar refractivity (Wildman–Crippen MR) is 100 cm³/mol. The zero-order valence-electron chi connectivity index (χ0n) is 14.9. The normalized spacial score (nSPS) is 25.8. The quantitative estimate of drug-likeness (QED) is 0.647. The predicted octanol–water partition coefficient (Wildman–Crippen LogP) is -0.196. The minimum atomic E-state index is -0.102. The first-order chi connectivity index (χ1) is 12.2. The summed E-state index contributed by atoms with van der Waals surface area (Å²) in [6.45, 7) is 6.70. The summed E-state index contributed by atoms with van der Waals surface area (Å²) in [6, 6.07) is -0.102. The lowest BCUT2D eigenvalue weighted by Gasteiger charge is -2.36. The molecule has 7 heteroatoms. The first kappa shape index (κ1) is 18.6. The summed E-state index contributed by atoms with van der Waals surface area (Å²) in [6.07, 6.45) is 7.23. The number of nitrogens with zero attached hydrogens (tertiary/aromatic N) is 4. The van der Waals surface area contributed by atoms with Gasteiger partial charge in [0.1, 0.15) is 0 Å². The Balaban J connectivity index is 1.50. The lowest BCUT2D eigenvalue weighted by Crippen LogP contribution is -2.53. The maximum atomic E-state index is 12.8. The fourth-order valence-electron chi connectivity index (χ4n) is 3.85. The number of hydrogen-bond donors (Lipinski definition) is 0. The van der Waals surface area contributed by atoms with E-state index in [-0.39, 0.29) is 17.9 Å². The molecule has 0 unspecified atom stereocenters. The molecule has 0 radical (unpaired) electrons. The minimum Gasteiger partial charge on any atom is -0.340 e. The van der Waals surface area contributed by atoms with Gasteiger partial charge in [0, 0.05) is 50.8 Å². The van der Waals surface area contributed by atoms with Crippen molar-refractivity contribution in [1.29, 1.82) is 0 Å². The molecule has 2 amide bonds. The first-order valence-electron chi connectivity index (χ1n) is 9.23. The van der Waals surface area contributed by atoms with Gasteiger partial charge in [-0.1, -0.05) is 5.92 Å². The fourth-order valence-corrected chi connectivity index (χ4v) is 4.75. The van der Waals surface area contributed by atoms with Crippen molar-refractivity contribution in [2.24, 2.45) is 0 Å². The van der Waals surface area contributed by atoms with E-state index in [4.69, 9.17) is 6.42 Å². The van der Waals surface area contributed by atoms with Crippen LogP contribution in [0.5, 0.6) is 0 Å². The molecular formula is C18H28N4O2S. The van der Waals surface area contributed by atoms with E-state index in [0.717, 1.165) is 70.2 Å². The topological polar surface area (TPSA) is 47.1 Å². The summed E-state index contributed by atoms with van der Waals surface area (Å²) >= 11 is 1.91. The van der Waals surface area contributed by atoms with Crippen LogP contribution in [0.3, 0.4) is 0 Å². The van der Waals surface area contributed by atoms with Crippen molar-refractivity contribution in [3.05, 3.63) is 0 Å². The summed E-state index contributed by atoms with van der Waals surface area (Å²) < 4.78 is 0. The Labute approximate surface area is 154 Å². The molecule has 0 bridgehead atoms. The highest BCUT2D eigenvalue weighted by atomic mass is 32.2. The molecule has 1 atom stereocenters. The van der Waals surface area contributed by atoms with Crippen molar-refractivity contribution in [2.45, 2.75) is 18.9 Å². The van der Waals surface area contributed by atoms with Crippen LogP contribution >= 0.6 is 11.8 Å². The second kappa shape index (κ2) is 8.93. The number of rotatable bonds is 4. The number of piperazine rings is 1. The fraction of sp³-hybridized carbons (Fsp3) is 0.778. The van der Waals surface area contributed by atoms with Gasteiger partial charge < -0.3 is 9.80 Å². The Hall–Kier alpha value is -1.23. The van der Waals surface area contributed by atoms with E-state index in [1.54, 1.807) is 0 Å². The third-order valence-corrected chi connectivity index (χ3v) is 6.29. The standard InChI is InChI=1S/C18H28N4O2S/c1-2-5-19-7-9-20(10-8-19)17(23)15-22-6-3-4-16(22)18(24)21-11-13-25-14-12-21/h1,16H,3-15H2/t16-/m1/s1. The van der Waals surface area contributed by atoms with Gasteiger partial charge in [-0.2, -0.15) is 11.8 Å². The molecule has 0 spiro atoms. The van der Waals surface area contributed by atoms with Gasteiger partial charge in [0.2, 0.25) is 11.8 Å². The van der Waals surface area contributed by atoms with Crippen molar-refractivity contribution >= 4 is 23.6 Å². The Morgan fingerprint density at radius 1 is 1.00 bits per heavy atom. The molecule has 3 aliphatic heterocycles. The molecule has 138 valence electrons. The molecule has 6 nitrogen and oxygen atoms in total. The number of terminal acetylenes is 1. The highest BCUT2D eigenvalue weighted by Gasteiger charge is 2.36. The van der Waals surface area contributed by atoms with Gasteiger partial charge in [0.05, 0.1) is 19.1 Å². The monoisotopic (exact) mass is 364 g/mol. The molecule has 3 rings (SSSR count). The van der Waals surface area contributed by atoms with Crippen molar-refractivity contribution < 1.29 is 9.59 Å². The third-order valence-electron chi connectivity index (χ3n) is 5.35. The lowest BCUT2D eigenvalue weighted by atomic mass is 10.2. The van der Waals surface area contributed by atoms with Crippen LogP contribution < -0.4 is 0 Å². The number of likely N-dealkylation sites (tertiary alicyclic amines) is 1. The van der Waals surface area contributed by atoms with Gasteiger partial charge in [-0.3, -0.25) is 19.4 Å². The van der Waals surface area contributed by atoms with Crippen molar-refractivity contribution in [3.8, 4) is 12.3 Å². The van der Waals surface area contributed by atoms with Crippen LogP contribution in [0.4, 0.5) is 0 Å². The Morgan fingerprint density at radius 2 is 1.72 bits per heavy atom. The SMILES string of the molecule is C#CCN1CCN(C(=O)CN2CCC[C@@H]2C(=O)N2CCSCC2)CC1. The van der Waals surface area contributed by atoms with E-state index in [0.29, 0.717) is 13.1 Å². The van der Waals surface area contributed by atoms with Crippen LogP contribution in [0, 0.1) is 12.3 Å². The molecule has 0 N–H and O–H groups in total. The van der Waals surface area contributed by atoms with Gasteiger partial charge in [-0.25, -0.2) is 0 Å². The van der Waals surface area contributed by atoms with Crippen LogP contribution in [0.25, 0.3) is 0 Å². The van der Waals surface area contributed by atoms with Crippen LogP contribution in [0.1, 0.15) is 12.8 Å². The van der Waals surface area contributed by atoms with E-state index in [9.17, 15) is 9.59 Å². The van der Waals surface area contributed by atoms with E-state index in [1.165, 1.54) is 0 Å². The summed E-state index contributed by atoms with van der Waals surface area (Å²) in [7, 11) is 0. The van der Waals surface area contributed by atoms with Gasteiger partial charge in [-0.15, -0.1) is 6.42 Å². The number of amides is 2. The Morgan fingerprint density at radius 3 is 2.40 bits per heavy atom. The van der Waals surface area contributed by atoms with Crippen LogP contribution in [0.15, 0.2) is 0 Å². The zero-order valence-corrected chi connectivity index (χ0v) is 15.7. The van der Waals surface area contributed by atoms with Crippen molar-refractivity contribution in [2.75, 3.05) is 70.4 Å². The molecular weight excluding hydrogens is 336 g/mol. The smallest absolute Gasteiger partial charge is 0.239 e. The largest absolute Gasteiger partial charge is 0.340 e. The molecule has 3 aliphatic rings. The van der Waals surface area contributed by atoms with E-state index >= 15 is 0 Å². The molecule has 0 aliphatic carbocycles. The Kier molecular flexibility index (Phi) is 6.63. The summed E-state index contributed by atoms with van der Waals surface area (Å²) in [5.41, 5.74) is 0. The average Bonchev–Trinajstić information content (AvgIpc) is 3.10. The second-order valence-electron chi connectivity index (χ2n) is 6.93. The molecule has 0 aromatic heterocycles. The third kappa shape index (κ3) is 4.69. The highest BCUT2D eigenvalue weighted by molar-refractivity contribution is 7.99. The lowest BCUT2D eigenvalue weighted by molar-refractivity contribution is -0.139. The van der Waals surface area contributed by atoms with Crippen LogP contribution in [-0.2, 0) is 9.59 Å². The summed E-state index contributed by atoms with van der Waals surface area (Å²) in [5, 5.41) is 0. The van der Waals surface area contributed by atoms with Crippen molar-refractivity contribution in [1.82, 2.24) is 19.6 Å². The maximum absolute atomic E-state index is 12.8. The van der Waals surface area contributed by atoms with Gasteiger partial charge in [0.25, 0.3) is 0 Å². The number of thioether (sulfide) groups is 1. The second-order valence-corrected chi connectivity index (χ2v) is 8.15. The van der Waals surface area contributed by atoms with E-state index < -0.39 is 0 Å². The number of hydrogen-bond acceptors (Lipinski definition) is 5. The zero-order chi connectivity index (χ0) is 17.6. The molecule has 25 heavy (non-hydrogen) atoms. The molecule has 0 aromatic rings. The molecule has 3 saturated heterocycles. The van der Waals surface area contributed by atoms with E-state index in [1.807, 2.05) is 21.6 Å². The minimum absolute atomic E-state index is 0.102.